The molecule has 2 aromatic rings. The molecule has 2 heterocycles. The summed E-state index contributed by atoms with van der Waals surface area (Å²) in [5.74, 6) is -1.48. The van der Waals surface area contributed by atoms with Gasteiger partial charge in [0, 0.05) is 23.8 Å². The number of halogens is 4. The van der Waals surface area contributed by atoms with Crippen molar-refractivity contribution in [1.82, 2.24) is 15.2 Å². The average Bonchev–Trinajstić information content (AvgIpc) is 3.77. The highest BCUT2D eigenvalue weighted by Gasteiger charge is 2.62. The van der Waals surface area contributed by atoms with Gasteiger partial charge in [-0.05, 0) is 62.1 Å². The van der Waals surface area contributed by atoms with Crippen LogP contribution >= 0.6 is 0 Å². The van der Waals surface area contributed by atoms with Crippen molar-refractivity contribution in [1.29, 1.82) is 0 Å². The first-order valence-corrected chi connectivity index (χ1v) is 12.8. The molecule has 1 aromatic heterocycles. The lowest BCUT2D eigenvalue weighted by Crippen LogP contribution is -2.49. The van der Waals surface area contributed by atoms with Gasteiger partial charge >= 0.3 is 6.18 Å². The molecule has 0 bridgehead atoms. The number of pyridine rings is 1. The van der Waals surface area contributed by atoms with Gasteiger partial charge in [-0.25, -0.2) is 4.39 Å². The number of aliphatic hydroxyl groups excluding tert-OH is 1. The number of aromatic nitrogens is 1. The minimum atomic E-state index is -4.67. The molecule has 2 aliphatic carbocycles. The number of benzene rings is 1. The Kier molecular flexibility index (Phi) is 6.83. The number of nitrogens with zero attached hydrogens (tertiary/aromatic N) is 2. The summed E-state index contributed by atoms with van der Waals surface area (Å²) in [6, 6.07) is 2.35. The van der Waals surface area contributed by atoms with Crippen LogP contribution in [0.5, 0.6) is 0 Å². The fraction of sp³-hybridized carbons (Fsp3) is 0.519. The number of carbonyl (C=O) groups is 2. The smallest absolute Gasteiger partial charge is 0.395 e. The number of hydrogen-bond donors (Lipinski definition) is 3. The monoisotopic (exact) mass is 534 g/mol. The molecule has 5 atom stereocenters. The third kappa shape index (κ3) is 4.95. The summed E-state index contributed by atoms with van der Waals surface area (Å²) in [5.41, 5.74) is 0.349. The summed E-state index contributed by atoms with van der Waals surface area (Å²) < 4.78 is 54.0. The summed E-state index contributed by atoms with van der Waals surface area (Å²) in [5, 5.41) is 15.1. The Morgan fingerprint density at radius 3 is 2.61 bits per heavy atom. The van der Waals surface area contributed by atoms with Crippen LogP contribution in [-0.4, -0.2) is 52.0 Å². The summed E-state index contributed by atoms with van der Waals surface area (Å²) in [6.45, 7) is 3.86. The molecule has 11 heteroatoms. The Morgan fingerprint density at radius 2 is 1.97 bits per heavy atom. The Hall–Kier alpha value is -3.21. The van der Waals surface area contributed by atoms with Crippen LogP contribution in [0.1, 0.15) is 59.4 Å². The number of likely N-dealkylation sites (tertiary alicyclic amines) is 1. The van der Waals surface area contributed by atoms with Gasteiger partial charge in [0.05, 0.1) is 35.7 Å². The molecule has 1 aliphatic heterocycles. The SMILES string of the molecule is Cc1cc(C(=O)N2C3C(C)C3C[C@@H]2C(=O)N[C@@H](c2ccc(C(F)(F)F)cc2F)C2CC2)c(NCCO)cn1. The lowest BCUT2D eigenvalue weighted by atomic mass is 9.98. The van der Waals surface area contributed by atoms with Crippen molar-refractivity contribution in [2.75, 3.05) is 18.5 Å². The van der Waals surface area contributed by atoms with Gasteiger partial charge in [-0.3, -0.25) is 14.6 Å². The van der Waals surface area contributed by atoms with Crippen LogP contribution in [0, 0.1) is 30.5 Å². The fourth-order valence-corrected chi connectivity index (χ4v) is 5.72. The Balaban J connectivity index is 1.40. The second-order valence-corrected chi connectivity index (χ2v) is 10.6. The molecule has 0 spiro atoms. The number of nitrogens with one attached hydrogen (secondary N) is 2. The van der Waals surface area contributed by atoms with Gasteiger partial charge in [0.25, 0.3) is 5.91 Å². The lowest BCUT2D eigenvalue weighted by molar-refractivity contribution is -0.137. The van der Waals surface area contributed by atoms with E-state index in [1.54, 1.807) is 17.9 Å². The number of hydrogen-bond acceptors (Lipinski definition) is 5. The van der Waals surface area contributed by atoms with Gasteiger partial charge in [0.2, 0.25) is 5.91 Å². The molecule has 3 aliphatic rings. The van der Waals surface area contributed by atoms with Crippen molar-refractivity contribution in [3.8, 4) is 0 Å². The van der Waals surface area contributed by atoms with E-state index in [0.29, 0.717) is 29.4 Å². The van der Waals surface area contributed by atoms with Crippen LogP contribution in [0.25, 0.3) is 0 Å². The first-order valence-electron chi connectivity index (χ1n) is 12.8. The highest BCUT2D eigenvalue weighted by Crippen LogP contribution is 2.54. The lowest BCUT2D eigenvalue weighted by Gasteiger charge is -2.30. The molecular weight excluding hydrogens is 504 g/mol. The van der Waals surface area contributed by atoms with E-state index in [0.717, 1.165) is 25.0 Å². The molecule has 3 fully saturated rings. The Morgan fingerprint density at radius 1 is 1.24 bits per heavy atom. The molecule has 7 nitrogen and oxygen atoms in total. The van der Waals surface area contributed by atoms with Crippen LogP contribution < -0.4 is 10.6 Å². The minimum absolute atomic E-state index is 0.0171. The number of fused-ring (bicyclic) bond motifs is 1. The maximum atomic E-state index is 14.8. The number of aliphatic hydroxyl groups is 1. The first kappa shape index (κ1) is 26.4. The van der Waals surface area contributed by atoms with Crippen molar-refractivity contribution >= 4 is 17.5 Å². The van der Waals surface area contributed by atoms with Crippen molar-refractivity contribution in [2.45, 2.75) is 57.4 Å². The van der Waals surface area contributed by atoms with Crippen LogP contribution in [0.3, 0.4) is 0 Å². The summed E-state index contributed by atoms with van der Waals surface area (Å²) in [4.78, 5) is 33.2. The minimum Gasteiger partial charge on any atom is -0.395 e. The standard InChI is InChI=1S/C27H30F4N4O3/c1-13-9-19(21(12-33-13)32-7-8-36)26(38)35-22(11-18-14(2)24(18)35)25(37)34-23(15-3-4-15)17-6-5-16(10-20(17)28)27(29,30)31/h5-6,9-10,12,14-15,18,22-24,32,36H,3-4,7-8,11H2,1-2H3,(H,34,37)/t14?,18?,22-,23-,24?/m1/s1. The quantitative estimate of drug-likeness (QED) is 0.444. The molecule has 3 unspecified atom stereocenters. The second kappa shape index (κ2) is 9.83. The van der Waals surface area contributed by atoms with E-state index < -0.39 is 35.5 Å². The highest BCUT2D eigenvalue weighted by molar-refractivity contribution is 6.02. The second-order valence-electron chi connectivity index (χ2n) is 10.6. The van der Waals surface area contributed by atoms with E-state index in [-0.39, 0.29) is 48.4 Å². The Labute approximate surface area is 217 Å². The van der Waals surface area contributed by atoms with Gasteiger partial charge in [-0.1, -0.05) is 13.0 Å². The highest BCUT2D eigenvalue weighted by atomic mass is 19.4. The third-order valence-corrected chi connectivity index (χ3v) is 7.95. The zero-order valence-corrected chi connectivity index (χ0v) is 21.1. The molecule has 1 saturated heterocycles. The molecule has 3 N–H and O–H groups in total. The van der Waals surface area contributed by atoms with Crippen molar-refractivity contribution in [2.24, 2.45) is 17.8 Å². The number of rotatable bonds is 8. The van der Waals surface area contributed by atoms with Crippen LogP contribution in [0.15, 0.2) is 30.5 Å². The van der Waals surface area contributed by atoms with E-state index >= 15 is 0 Å². The van der Waals surface area contributed by atoms with Crippen LogP contribution in [-0.2, 0) is 11.0 Å². The van der Waals surface area contributed by atoms with Gasteiger partial charge in [0.15, 0.2) is 0 Å². The van der Waals surface area contributed by atoms with Gasteiger partial charge in [0.1, 0.15) is 11.9 Å². The predicted molar refractivity (Wildman–Crippen MR) is 131 cm³/mol. The van der Waals surface area contributed by atoms with Crippen molar-refractivity contribution in [3.05, 3.63) is 58.7 Å². The van der Waals surface area contributed by atoms with Gasteiger partial charge < -0.3 is 20.6 Å². The zero-order valence-electron chi connectivity index (χ0n) is 21.1. The molecule has 5 rings (SSSR count). The van der Waals surface area contributed by atoms with E-state index in [4.69, 9.17) is 0 Å². The summed E-state index contributed by atoms with van der Waals surface area (Å²) >= 11 is 0. The number of anilines is 1. The fourth-order valence-electron chi connectivity index (χ4n) is 5.72. The molecule has 2 saturated carbocycles. The third-order valence-electron chi connectivity index (χ3n) is 7.95. The Bertz CT molecular complexity index is 1250. The summed E-state index contributed by atoms with van der Waals surface area (Å²) in [7, 11) is 0. The van der Waals surface area contributed by atoms with Crippen molar-refractivity contribution < 1.29 is 32.3 Å². The molecule has 204 valence electrons. The first-order chi connectivity index (χ1) is 18.0. The normalized spacial score (nSPS) is 25.1. The average molecular weight is 535 g/mol. The molecule has 2 amide bonds. The van der Waals surface area contributed by atoms with Crippen LogP contribution in [0.2, 0.25) is 0 Å². The van der Waals surface area contributed by atoms with E-state index in [9.17, 15) is 32.3 Å². The predicted octanol–water partition coefficient (Wildman–Crippen LogP) is 4.07. The van der Waals surface area contributed by atoms with E-state index in [2.05, 4.69) is 15.6 Å². The largest absolute Gasteiger partial charge is 0.416 e. The number of amides is 2. The van der Waals surface area contributed by atoms with Crippen molar-refractivity contribution in [3.63, 3.8) is 0 Å². The van der Waals surface area contributed by atoms with Gasteiger partial charge in [-0.2, -0.15) is 13.2 Å². The van der Waals surface area contributed by atoms with Crippen LogP contribution in [0.4, 0.5) is 23.2 Å². The van der Waals surface area contributed by atoms with E-state index in [1.807, 2.05) is 6.92 Å². The molecule has 38 heavy (non-hydrogen) atoms. The maximum absolute atomic E-state index is 14.8. The number of alkyl halides is 3. The number of aryl methyl sites for hydroxylation is 1. The summed E-state index contributed by atoms with van der Waals surface area (Å²) in [6.07, 6.45) is -1.25. The topological polar surface area (TPSA) is 94.6 Å². The number of carbonyl (C=O) groups excluding carboxylic acids is 2. The molecule has 0 radical (unpaired) electrons. The molecule has 1 aromatic carbocycles. The molecular formula is C27H30F4N4O3. The maximum Gasteiger partial charge on any atom is 0.416 e. The van der Waals surface area contributed by atoms with Gasteiger partial charge in [-0.15, -0.1) is 0 Å². The number of piperidine rings is 1. The zero-order chi connectivity index (χ0) is 27.4. The van der Waals surface area contributed by atoms with E-state index in [1.165, 1.54) is 6.20 Å².